The van der Waals surface area contributed by atoms with Gasteiger partial charge in [-0.05, 0) is 59.7 Å². The molecule has 0 heterocycles. The topological polar surface area (TPSA) is 71.3 Å². The summed E-state index contributed by atoms with van der Waals surface area (Å²) in [5.41, 5.74) is 1.70. The molecule has 1 amide bonds. The zero-order valence-corrected chi connectivity index (χ0v) is 19.1. The molecule has 1 N–H and O–H groups in total. The van der Waals surface area contributed by atoms with Crippen molar-refractivity contribution in [3.63, 3.8) is 0 Å². The number of nitrogens with zero attached hydrogens (tertiary/aromatic N) is 1. The van der Waals surface area contributed by atoms with Crippen molar-refractivity contribution in [3.05, 3.63) is 92.4 Å². The van der Waals surface area contributed by atoms with Crippen LogP contribution in [0.1, 0.15) is 11.1 Å². The quantitative estimate of drug-likeness (QED) is 0.294. The van der Waals surface area contributed by atoms with E-state index in [0.717, 1.165) is 5.56 Å². The lowest BCUT2D eigenvalue weighted by Crippen LogP contribution is -2.13. The van der Waals surface area contributed by atoms with E-state index >= 15 is 0 Å². The van der Waals surface area contributed by atoms with E-state index in [2.05, 4.69) is 5.32 Å². The smallest absolute Gasteiger partial charge is 0.266 e. The second-order valence-corrected chi connectivity index (χ2v) is 7.85. The van der Waals surface area contributed by atoms with Crippen molar-refractivity contribution >= 4 is 52.5 Å². The van der Waals surface area contributed by atoms with Crippen LogP contribution in [0.3, 0.4) is 0 Å². The molecule has 0 radical (unpaired) electrons. The fourth-order valence-corrected chi connectivity index (χ4v) is 3.20. The van der Waals surface area contributed by atoms with Gasteiger partial charge in [0.15, 0.2) is 11.5 Å². The summed E-state index contributed by atoms with van der Waals surface area (Å²) in [6, 6.07) is 18.9. The van der Waals surface area contributed by atoms with E-state index in [1.165, 1.54) is 19.3 Å². The molecule has 0 fully saturated rings. The summed E-state index contributed by atoms with van der Waals surface area (Å²) >= 11 is 17.9. The maximum absolute atomic E-state index is 12.6. The number of hydrogen-bond donors (Lipinski definition) is 1. The van der Waals surface area contributed by atoms with Crippen LogP contribution in [0, 0.1) is 11.3 Å². The van der Waals surface area contributed by atoms with Gasteiger partial charge in [0, 0.05) is 10.0 Å². The minimum Gasteiger partial charge on any atom is -0.493 e. The van der Waals surface area contributed by atoms with E-state index in [1.807, 2.05) is 18.2 Å². The number of anilines is 1. The molecule has 0 saturated carbocycles. The normalized spacial score (nSPS) is 10.9. The number of rotatable bonds is 7. The second kappa shape index (κ2) is 10.9. The third-order valence-corrected chi connectivity index (χ3v) is 5.16. The van der Waals surface area contributed by atoms with Crippen molar-refractivity contribution in [2.75, 3.05) is 12.4 Å². The standard InChI is InChI=1S/C24H17Cl3N2O3/c1-31-22-9-4-16(11-23(22)32-14-15-2-5-18(25)6-3-15)10-17(13-28)24(30)29-21-12-19(26)7-8-20(21)27/h2-12H,14H2,1H3,(H,29,30)/b17-10+. The molecule has 3 aromatic rings. The number of nitrogens with one attached hydrogen (secondary N) is 1. The largest absolute Gasteiger partial charge is 0.493 e. The fourth-order valence-electron chi connectivity index (χ4n) is 2.74. The Bertz CT molecular complexity index is 1200. The maximum Gasteiger partial charge on any atom is 0.266 e. The van der Waals surface area contributed by atoms with Crippen molar-refractivity contribution in [2.24, 2.45) is 0 Å². The van der Waals surface area contributed by atoms with Crippen LogP contribution in [-0.4, -0.2) is 13.0 Å². The van der Waals surface area contributed by atoms with E-state index in [4.69, 9.17) is 44.3 Å². The van der Waals surface area contributed by atoms with Gasteiger partial charge < -0.3 is 14.8 Å². The Morgan fingerprint density at radius 1 is 1.00 bits per heavy atom. The van der Waals surface area contributed by atoms with Crippen LogP contribution in [0.2, 0.25) is 15.1 Å². The van der Waals surface area contributed by atoms with E-state index in [-0.39, 0.29) is 5.57 Å². The number of ether oxygens (including phenoxy) is 2. The lowest BCUT2D eigenvalue weighted by atomic mass is 10.1. The number of carbonyl (C=O) groups is 1. The molecule has 0 atom stereocenters. The molecule has 0 aliphatic heterocycles. The van der Waals surface area contributed by atoms with Crippen LogP contribution < -0.4 is 14.8 Å². The van der Waals surface area contributed by atoms with Gasteiger partial charge in [-0.3, -0.25) is 4.79 Å². The summed E-state index contributed by atoms with van der Waals surface area (Å²) in [7, 11) is 1.53. The Kier molecular flexibility index (Phi) is 8.02. The molecular weight excluding hydrogens is 471 g/mol. The fraction of sp³-hybridized carbons (Fsp3) is 0.0833. The molecule has 5 nitrogen and oxygen atoms in total. The predicted molar refractivity (Wildman–Crippen MR) is 127 cm³/mol. The summed E-state index contributed by atoms with van der Waals surface area (Å²) in [6.07, 6.45) is 1.45. The van der Waals surface area contributed by atoms with Crippen molar-refractivity contribution in [1.29, 1.82) is 5.26 Å². The lowest BCUT2D eigenvalue weighted by Gasteiger charge is -2.12. The summed E-state index contributed by atoms with van der Waals surface area (Å²) in [5, 5.41) is 13.5. The number of methoxy groups -OCH3 is 1. The average Bonchev–Trinajstić information content (AvgIpc) is 2.79. The molecule has 0 aliphatic rings. The second-order valence-electron chi connectivity index (χ2n) is 6.57. The van der Waals surface area contributed by atoms with Crippen molar-refractivity contribution in [3.8, 4) is 17.6 Å². The molecule has 0 saturated heterocycles. The minimum atomic E-state index is -0.615. The monoisotopic (exact) mass is 486 g/mol. The molecule has 0 unspecified atom stereocenters. The van der Waals surface area contributed by atoms with E-state index in [0.29, 0.717) is 44.4 Å². The van der Waals surface area contributed by atoms with Crippen LogP contribution in [0.4, 0.5) is 5.69 Å². The number of carbonyl (C=O) groups excluding carboxylic acids is 1. The Morgan fingerprint density at radius 2 is 1.72 bits per heavy atom. The Morgan fingerprint density at radius 3 is 2.41 bits per heavy atom. The first-order valence-corrected chi connectivity index (χ1v) is 10.5. The zero-order chi connectivity index (χ0) is 23.1. The number of hydrogen-bond acceptors (Lipinski definition) is 4. The number of amides is 1. The molecule has 0 aliphatic carbocycles. The molecule has 8 heteroatoms. The molecule has 0 aromatic heterocycles. The summed E-state index contributed by atoms with van der Waals surface area (Å²) < 4.78 is 11.2. The van der Waals surface area contributed by atoms with Gasteiger partial charge in [-0.1, -0.05) is 53.0 Å². The summed E-state index contributed by atoms with van der Waals surface area (Å²) in [5.74, 6) is 0.368. The maximum atomic E-state index is 12.6. The first kappa shape index (κ1) is 23.5. The lowest BCUT2D eigenvalue weighted by molar-refractivity contribution is -0.112. The highest BCUT2D eigenvalue weighted by atomic mass is 35.5. The molecule has 162 valence electrons. The van der Waals surface area contributed by atoms with Gasteiger partial charge in [-0.2, -0.15) is 5.26 Å². The molecule has 32 heavy (non-hydrogen) atoms. The Balaban J connectivity index is 1.81. The highest BCUT2D eigenvalue weighted by molar-refractivity contribution is 6.36. The molecule has 3 aromatic carbocycles. The van der Waals surface area contributed by atoms with Gasteiger partial charge >= 0.3 is 0 Å². The van der Waals surface area contributed by atoms with Gasteiger partial charge in [0.05, 0.1) is 17.8 Å². The van der Waals surface area contributed by atoms with Crippen LogP contribution in [0.5, 0.6) is 11.5 Å². The SMILES string of the molecule is COc1ccc(/C=C(\C#N)C(=O)Nc2cc(Cl)ccc2Cl)cc1OCc1ccc(Cl)cc1. The van der Waals surface area contributed by atoms with Crippen molar-refractivity contribution in [1.82, 2.24) is 0 Å². The van der Waals surface area contributed by atoms with E-state index < -0.39 is 5.91 Å². The third-order valence-electron chi connectivity index (χ3n) is 4.35. The first-order chi connectivity index (χ1) is 15.4. The van der Waals surface area contributed by atoms with Crippen LogP contribution in [0.25, 0.3) is 6.08 Å². The summed E-state index contributed by atoms with van der Waals surface area (Å²) in [6.45, 7) is 0.291. The van der Waals surface area contributed by atoms with Gasteiger partial charge in [0.2, 0.25) is 0 Å². The van der Waals surface area contributed by atoms with Gasteiger partial charge in [-0.15, -0.1) is 0 Å². The number of nitriles is 1. The van der Waals surface area contributed by atoms with Crippen molar-refractivity contribution < 1.29 is 14.3 Å². The molecule has 0 bridgehead atoms. The van der Waals surface area contributed by atoms with Gasteiger partial charge in [0.1, 0.15) is 18.2 Å². The first-order valence-electron chi connectivity index (χ1n) is 9.33. The van der Waals surface area contributed by atoms with Crippen molar-refractivity contribution in [2.45, 2.75) is 6.61 Å². The molecular formula is C24H17Cl3N2O3. The predicted octanol–water partition coefficient (Wildman–Crippen LogP) is 6.78. The van der Waals surface area contributed by atoms with E-state index in [9.17, 15) is 10.1 Å². The molecule has 3 rings (SSSR count). The Hall–Kier alpha value is -3.17. The zero-order valence-electron chi connectivity index (χ0n) is 16.9. The van der Waals surface area contributed by atoms with Crippen LogP contribution >= 0.6 is 34.8 Å². The van der Waals surface area contributed by atoms with E-state index in [1.54, 1.807) is 42.5 Å². The molecule has 0 spiro atoms. The third kappa shape index (κ3) is 6.18. The minimum absolute atomic E-state index is 0.116. The van der Waals surface area contributed by atoms with Crippen LogP contribution in [0.15, 0.2) is 66.2 Å². The summed E-state index contributed by atoms with van der Waals surface area (Å²) in [4.78, 5) is 12.6. The average molecular weight is 488 g/mol. The number of halogens is 3. The highest BCUT2D eigenvalue weighted by Gasteiger charge is 2.13. The number of benzene rings is 3. The Labute approximate surface area is 200 Å². The van der Waals surface area contributed by atoms with Gasteiger partial charge in [0.25, 0.3) is 5.91 Å². The highest BCUT2D eigenvalue weighted by Crippen LogP contribution is 2.30. The van der Waals surface area contributed by atoms with Gasteiger partial charge in [-0.25, -0.2) is 0 Å². The van der Waals surface area contributed by atoms with Crippen LogP contribution in [-0.2, 0) is 11.4 Å².